The lowest BCUT2D eigenvalue weighted by Gasteiger charge is -2.27. The van der Waals surface area contributed by atoms with Gasteiger partial charge in [0, 0.05) is 16.1 Å². The maximum Gasteiger partial charge on any atom is 0.249 e. The highest BCUT2D eigenvalue weighted by atomic mass is 79.9. The molecule has 3 aromatic rings. The van der Waals surface area contributed by atoms with E-state index in [9.17, 15) is 9.59 Å². The minimum atomic E-state index is -0.310. The van der Waals surface area contributed by atoms with E-state index in [4.69, 9.17) is 0 Å². The zero-order valence-electron chi connectivity index (χ0n) is 20.1. The molecule has 9 heteroatoms. The van der Waals surface area contributed by atoms with E-state index in [2.05, 4.69) is 61.1 Å². The van der Waals surface area contributed by atoms with E-state index in [0.29, 0.717) is 5.13 Å². The highest BCUT2D eigenvalue weighted by Gasteiger charge is 2.25. The first-order chi connectivity index (χ1) is 17.5. The van der Waals surface area contributed by atoms with Gasteiger partial charge in [-0.2, -0.15) is 0 Å². The van der Waals surface area contributed by atoms with E-state index in [1.807, 2.05) is 42.5 Å². The molecule has 36 heavy (non-hydrogen) atoms. The van der Waals surface area contributed by atoms with Gasteiger partial charge >= 0.3 is 0 Å². The maximum atomic E-state index is 12.9. The molecule has 1 aromatic heterocycles. The number of benzene rings is 2. The number of rotatable bonds is 9. The first-order valence-electron chi connectivity index (χ1n) is 12.1. The summed E-state index contributed by atoms with van der Waals surface area (Å²) in [5.74, 6) is -0.238. The molecule has 1 fully saturated rings. The van der Waals surface area contributed by atoms with Crippen molar-refractivity contribution in [1.29, 1.82) is 0 Å². The minimum absolute atomic E-state index is 0.0204. The van der Waals surface area contributed by atoms with E-state index >= 15 is 0 Å². The highest BCUT2D eigenvalue weighted by Crippen LogP contribution is 2.27. The second-order valence-electron chi connectivity index (χ2n) is 8.97. The molecule has 1 aliphatic rings. The molecule has 2 aromatic carbocycles. The molecule has 188 valence electrons. The number of carbonyl (C=O) groups is 2. The molecule has 0 spiro atoms. The van der Waals surface area contributed by atoms with Gasteiger partial charge in [-0.15, -0.1) is 10.2 Å². The quantitative estimate of drug-likeness (QED) is 0.317. The SMILES string of the molecule is C[C@@H](Cc1ccccc1)[C@@H](/C=C/C(=O)Nc1nnc(-c2ccc(Br)cc2)s1)NC(=O)[C@@H]1CCCCN1. The number of nitrogens with zero attached hydrogens (tertiary/aromatic N) is 2. The summed E-state index contributed by atoms with van der Waals surface area (Å²) in [6.45, 7) is 2.94. The van der Waals surface area contributed by atoms with Crippen LogP contribution in [0.3, 0.4) is 0 Å². The Bertz CT molecular complexity index is 1180. The Kier molecular flexibility index (Phi) is 9.38. The topological polar surface area (TPSA) is 96.0 Å². The monoisotopic (exact) mass is 567 g/mol. The van der Waals surface area contributed by atoms with Crippen molar-refractivity contribution >= 4 is 44.2 Å². The summed E-state index contributed by atoms with van der Waals surface area (Å²) in [4.78, 5) is 25.6. The Balaban J connectivity index is 1.41. The Morgan fingerprint density at radius 3 is 2.64 bits per heavy atom. The number of carbonyl (C=O) groups excluding carboxylic acids is 2. The van der Waals surface area contributed by atoms with E-state index in [1.165, 1.54) is 23.0 Å². The molecule has 7 nitrogen and oxygen atoms in total. The smallest absolute Gasteiger partial charge is 0.249 e. The van der Waals surface area contributed by atoms with Gasteiger partial charge in [-0.1, -0.05) is 89.2 Å². The van der Waals surface area contributed by atoms with E-state index in [1.54, 1.807) is 6.08 Å². The molecule has 0 saturated carbocycles. The number of amides is 2. The number of aromatic nitrogens is 2. The van der Waals surface area contributed by atoms with Crippen molar-refractivity contribution in [3.8, 4) is 10.6 Å². The first-order valence-corrected chi connectivity index (χ1v) is 13.7. The lowest BCUT2D eigenvalue weighted by molar-refractivity contribution is -0.124. The van der Waals surface area contributed by atoms with Gasteiger partial charge in [0.2, 0.25) is 16.9 Å². The highest BCUT2D eigenvalue weighted by molar-refractivity contribution is 9.10. The summed E-state index contributed by atoms with van der Waals surface area (Å²) in [5, 5.41) is 18.7. The molecule has 0 aliphatic carbocycles. The van der Waals surface area contributed by atoms with Gasteiger partial charge in [0.1, 0.15) is 5.01 Å². The largest absolute Gasteiger partial charge is 0.348 e. The minimum Gasteiger partial charge on any atom is -0.348 e. The van der Waals surface area contributed by atoms with Crippen LogP contribution in [0, 0.1) is 5.92 Å². The van der Waals surface area contributed by atoms with Crippen LogP contribution < -0.4 is 16.0 Å². The fraction of sp³-hybridized carbons (Fsp3) is 0.333. The van der Waals surface area contributed by atoms with Crippen molar-refractivity contribution in [2.24, 2.45) is 5.92 Å². The molecule has 4 rings (SSSR count). The first kappa shape index (κ1) is 26.2. The summed E-state index contributed by atoms with van der Waals surface area (Å²) in [6.07, 6.45) is 6.99. The molecule has 1 saturated heterocycles. The number of halogens is 1. The summed E-state index contributed by atoms with van der Waals surface area (Å²) in [6, 6.07) is 17.4. The van der Waals surface area contributed by atoms with E-state index in [0.717, 1.165) is 47.3 Å². The lowest BCUT2D eigenvalue weighted by atomic mass is 9.92. The fourth-order valence-corrected chi connectivity index (χ4v) is 5.17. The van der Waals surface area contributed by atoms with Crippen LogP contribution in [0.4, 0.5) is 5.13 Å². The van der Waals surface area contributed by atoms with Gasteiger partial charge in [-0.05, 0) is 49.4 Å². The third-order valence-electron chi connectivity index (χ3n) is 6.15. The van der Waals surface area contributed by atoms with Crippen molar-refractivity contribution < 1.29 is 9.59 Å². The van der Waals surface area contributed by atoms with Crippen LogP contribution in [-0.4, -0.2) is 40.6 Å². The Morgan fingerprint density at radius 2 is 1.92 bits per heavy atom. The van der Waals surface area contributed by atoms with Gasteiger partial charge in [0.15, 0.2) is 0 Å². The summed E-state index contributed by atoms with van der Waals surface area (Å²) >= 11 is 4.73. The Hall–Kier alpha value is -2.88. The zero-order chi connectivity index (χ0) is 25.3. The Morgan fingerprint density at radius 1 is 1.14 bits per heavy atom. The van der Waals surface area contributed by atoms with Crippen molar-refractivity contribution in [3.05, 3.63) is 76.8 Å². The third-order valence-corrected chi connectivity index (χ3v) is 7.57. The summed E-state index contributed by atoms with van der Waals surface area (Å²) in [5.41, 5.74) is 2.12. The van der Waals surface area contributed by atoms with Gasteiger partial charge < -0.3 is 10.6 Å². The second-order valence-corrected chi connectivity index (χ2v) is 10.9. The average Bonchev–Trinajstić information content (AvgIpc) is 3.36. The molecular weight excluding hydrogens is 538 g/mol. The third kappa shape index (κ3) is 7.56. The fourth-order valence-electron chi connectivity index (χ4n) is 4.15. The summed E-state index contributed by atoms with van der Waals surface area (Å²) < 4.78 is 0.983. The van der Waals surface area contributed by atoms with Crippen molar-refractivity contribution in [2.45, 2.75) is 44.7 Å². The predicted molar refractivity (Wildman–Crippen MR) is 148 cm³/mol. The molecule has 3 atom stereocenters. The van der Waals surface area contributed by atoms with Gasteiger partial charge in [0.25, 0.3) is 0 Å². The predicted octanol–water partition coefficient (Wildman–Crippen LogP) is 4.97. The molecule has 1 aliphatic heterocycles. The van der Waals surface area contributed by atoms with Gasteiger partial charge in [0.05, 0.1) is 12.1 Å². The van der Waals surface area contributed by atoms with Crippen molar-refractivity contribution in [2.75, 3.05) is 11.9 Å². The van der Waals surface area contributed by atoms with E-state index < -0.39 is 0 Å². The average molecular weight is 569 g/mol. The summed E-state index contributed by atoms with van der Waals surface area (Å²) in [7, 11) is 0. The van der Waals surface area contributed by atoms with Crippen molar-refractivity contribution in [1.82, 2.24) is 20.8 Å². The van der Waals surface area contributed by atoms with Crippen LogP contribution in [0.1, 0.15) is 31.7 Å². The number of piperidine rings is 1. The molecule has 0 radical (unpaired) electrons. The zero-order valence-corrected chi connectivity index (χ0v) is 22.5. The molecule has 2 heterocycles. The van der Waals surface area contributed by atoms with Crippen LogP contribution in [0.15, 0.2) is 71.2 Å². The maximum absolute atomic E-state index is 12.9. The number of nitrogens with one attached hydrogen (secondary N) is 3. The molecule has 0 bridgehead atoms. The normalized spacial score (nSPS) is 17.4. The molecule has 3 N–H and O–H groups in total. The van der Waals surface area contributed by atoms with Crippen LogP contribution in [0.5, 0.6) is 0 Å². The second kappa shape index (κ2) is 12.9. The lowest BCUT2D eigenvalue weighted by Crippen LogP contribution is -2.50. The van der Waals surface area contributed by atoms with Gasteiger partial charge in [-0.3, -0.25) is 14.9 Å². The van der Waals surface area contributed by atoms with Crippen LogP contribution in [0.25, 0.3) is 10.6 Å². The van der Waals surface area contributed by atoms with Crippen LogP contribution in [-0.2, 0) is 16.0 Å². The van der Waals surface area contributed by atoms with E-state index in [-0.39, 0.29) is 29.8 Å². The van der Waals surface area contributed by atoms with Crippen LogP contribution >= 0.6 is 27.3 Å². The van der Waals surface area contributed by atoms with Crippen LogP contribution in [0.2, 0.25) is 0 Å². The standard InChI is InChI=1S/C27H30BrN5O2S/c1-18(17-19-7-3-2-4-8-19)22(30-25(35)23-9-5-6-16-29-23)14-15-24(34)31-27-33-32-26(36-27)20-10-12-21(28)13-11-20/h2-4,7-8,10-15,18,22-23,29H,5-6,9,16-17H2,1H3,(H,30,35)(H,31,33,34)/b15-14+/t18-,22+,23-/m0/s1. The van der Waals surface area contributed by atoms with Crippen molar-refractivity contribution in [3.63, 3.8) is 0 Å². The molecular formula is C27H30BrN5O2S. The number of hydrogen-bond donors (Lipinski definition) is 3. The number of hydrogen-bond acceptors (Lipinski definition) is 6. The molecule has 2 amide bonds. The molecule has 0 unspecified atom stereocenters. The van der Waals surface area contributed by atoms with Gasteiger partial charge in [-0.25, -0.2) is 0 Å². The number of anilines is 1. The Labute approximate surface area is 223 Å².